The summed E-state index contributed by atoms with van der Waals surface area (Å²) in [5.41, 5.74) is 1.06. The molecule has 4 heteroatoms. The molecule has 0 amide bonds. The maximum atomic E-state index is 11.9. The third-order valence-corrected chi connectivity index (χ3v) is 4.53. The molecule has 0 bridgehead atoms. The summed E-state index contributed by atoms with van der Waals surface area (Å²) in [6.45, 7) is 5.78. The summed E-state index contributed by atoms with van der Waals surface area (Å²) < 4.78 is 26.4. The maximum Gasteiger partial charge on any atom is 0.212 e. The largest absolute Gasteiger partial charge is 0.212 e. The lowest BCUT2D eigenvalue weighted by molar-refractivity contribution is 0.551. The Morgan fingerprint density at radius 2 is 1.76 bits per heavy atom. The lowest BCUT2D eigenvalue weighted by atomic mass is 10.0. The monoisotopic (exact) mass is 255 g/mol. The zero-order valence-electron chi connectivity index (χ0n) is 10.7. The molecule has 2 atom stereocenters. The molecule has 0 aromatic heterocycles. The Morgan fingerprint density at radius 3 is 2.29 bits per heavy atom. The second kappa shape index (κ2) is 6.17. The second-order valence-corrected chi connectivity index (χ2v) is 6.32. The van der Waals surface area contributed by atoms with Gasteiger partial charge in [0.1, 0.15) is 0 Å². The van der Waals surface area contributed by atoms with Crippen molar-refractivity contribution in [2.24, 2.45) is 0 Å². The van der Waals surface area contributed by atoms with Gasteiger partial charge in [0.2, 0.25) is 10.0 Å². The standard InChI is InChI=1S/C13H21NO2S/c1-4-12(3)14-17(15,16)10-11(2)13-8-6-5-7-9-13/h5-9,11-12,14H,4,10H2,1-3H3. The first-order valence-corrected chi connectivity index (χ1v) is 7.64. The van der Waals surface area contributed by atoms with Crippen molar-refractivity contribution in [2.75, 3.05) is 5.75 Å². The fourth-order valence-corrected chi connectivity index (χ4v) is 3.37. The summed E-state index contributed by atoms with van der Waals surface area (Å²) in [7, 11) is -3.19. The number of sulfonamides is 1. The van der Waals surface area contributed by atoms with Crippen LogP contribution in [-0.2, 0) is 10.0 Å². The van der Waals surface area contributed by atoms with Crippen LogP contribution in [-0.4, -0.2) is 20.2 Å². The van der Waals surface area contributed by atoms with Crippen molar-refractivity contribution in [3.05, 3.63) is 35.9 Å². The van der Waals surface area contributed by atoms with Crippen molar-refractivity contribution in [1.29, 1.82) is 0 Å². The molecule has 0 spiro atoms. The van der Waals surface area contributed by atoms with E-state index in [1.165, 1.54) is 0 Å². The number of benzene rings is 1. The van der Waals surface area contributed by atoms with E-state index in [9.17, 15) is 8.42 Å². The van der Waals surface area contributed by atoms with Crippen LogP contribution in [0.15, 0.2) is 30.3 Å². The molecule has 17 heavy (non-hydrogen) atoms. The minimum absolute atomic E-state index is 0.00275. The first-order valence-electron chi connectivity index (χ1n) is 5.99. The van der Waals surface area contributed by atoms with Gasteiger partial charge >= 0.3 is 0 Å². The lowest BCUT2D eigenvalue weighted by Gasteiger charge is -2.16. The SMILES string of the molecule is CCC(C)NS(=O)(=O)CC(C)c1ccccc1. The van der Waals surface area contributed by atoms with E-state index in [4.69, 9.17) is 0 Å². The van der Waals surface area contributed by atoms with Crippen molar-refractivity contribution in [3.63, 3.8) is 0 Å². The minimum atomic E-state index is -3.19. The van der Waals surface area contributed by atoms with Crippen LogP contribution < -0.4 is 4.72 Å². The number of hydrogen-bond acceptors (Lipinski definition) is 2. The fourth-order valence-electron chi connectivity index (χ4n) is 1.64. The summed E-state index contributed by atoms with van der Waals surface area (Å²) in [4.78, 5) is 0. The van der Waals surface area contributed by atoms with Crippen molar-refractivity contribution >= 4 is 10.0 Å². The molecule has 0 aliphatic carbocycles. The molecule has 0 saturated heterocycles. The highest BCUT2D eigenvalue weighted by atomic mass is 32.2. The van der Waals surface area contributed by atoms with Crippen molar-refractivity contribution < 1.29 is 8.42 Å². The first-order chi connectivity index (χ1) is 7.94. The van der Waals surface area contributed by atoms with Crippen LogP contribution in [0.1, 0.15) is 38.7 Å². The van der Waals surface area contributed by atoms with E-state index in [1.54, 1.807) is 0 Å². The zero-order valence-corrected chi connectivity index (χ0v) is 11.5. The van der Waals surface area contributed by atoms with E-state index in [0.717, 1.165) is 12.0 Å². The normalized spacial score (nSPS) is 15.5. The van der Waals surface area contributed by atoms with E-state index in [2.05, 4.69) is 4.72 Å². The van der Waals surface area contributed by atoms with Gasteiger partial charge in [-0.15, -0.1) is 0 Å². The molecule has 0 aliphatic rings. The van der Waals surface area contributed by atoms with E-state index < -0.39 is 10.0 Å². The number of hydrogen-bond donors (Lipinski definition) is 1. The highest BCUT2D eigenvalue weighted by Gasteiger charge is 2.18. The van der Waals surface area contributed by atoms with Crippen LogP contribution in [0.4, 0.5) is 0 Å². The van der Waals surface area contributed by atoms with Crippen molar-refractivity contribution in [3.8, 4) is 0 Å². The average molecular weight is 255 g/mol. The van der Waals surface area contributed by atoms with Crippen molar-refractivity contribution in [1.82, 2.24) is 4.72 Å². The van der Waals surface area contributed by atoms with Crippen molar-refractivity contribution in [2.45, 2.75) is 39.2 Å². The van der Waals surface area contributed by atoms with Crippen LogP contribution >= 0.6 is 0 Å². The predicted octanol–water partition coefficient (Wildman–Crippen LogP) is 2.51. The summed E-state index contributed by atoms with van der Waals surface area (Å²) in [5.74, 6) is 0.152. The van der Waals surface area contributed by atoms with E-state index in [0.29, 0.717) is 0 Å². The molecule has 0 fully saturated rings. The Morgan fingerprint density at radius 1 is 1.18 bits per heavy atom. The molecule has 1 aromatic rings. The molecule has 2 unspecified atom stereocenters. The molecule has 1 rings (SSSR count). The van der Waals surface area contributed by atoms with Gasteiger partial charge in [-0.2, -0.15) is 0 Å². The van der Waals surface area contributed by atoms with Crippen LogP contribution in [0.2, 0.25) is 0 Å². The predicted molar refractivity (Wildman–Crippen MR) is 71.5 cm³/mol. The first kappa shape index (κ1) is 14.2. The molecule has 1 aromatic carbocycles. The Labute approximate surface area is 104 Å². The van der Waals surface area contributed by atoms with E-state index in [1.807, 2.05) is 51.1 Å². The Bertz CT molecular complexity index is 428. The van der Waals surface area contributed by atoms with E-state index in [-0.39, 0.29) is 17.7 Å². The average Bonchev–Trinajstić information content (AvgIpc) is 2.28. The van der Waals surface area contributed by atoms with Crippen LogP contribution in [0.3, 0.4) is 0 Å². The summed E-state index contributed by atoms with van der Waals surface area (Å²) in [5, 5.41) is 0. The third kappa shape index (κ3) is 4.88. The van der Waals surface area contributed by atoms with Gasteiger partial charge in [0, 0.05) is 6.04 Å². The highest BCUT2D eigenvalue weighted by molar-refractivity contribution is 7.89. The Balaban J connectivity index is 2.65. The molecule has 96 valence electrons. The Hall–Kier alpha value is -0.870. The lowest BCUT2D eigenvalue weighted by Crippen LogP contribution is -2.35. The summed E-state index contributed by atoms with van der Waals surface area (Å²) >= 11 is 0. The summed E-state index contributed by atoms with van der Waals surface area (Å²) in [6, 6.07) is 9.72. The Kier molecular flexibility index (Phi) is 5.15. The maximum absolute atomic E-state index is 11.9. The second-order valence-electron chi connectivity index (χ2n) is 4.52. The topological polar surface area (TPSA) is 46.2 Å². The molecule has 0 radical (unpaired) electrons. The van der Waals surface area contributed by atoms with Gasteiger partial charge in [0.25, 0.3) is 0 Å². The van der Waals surface area contributed by atoms with E-state index >= 15 is 0 Å². The van der Waals surface area contributed by atoms with Gasteiger partial charge in [0.15, 0.2) is 0 Å². The fraction of sp³-hybridized carbons (Fsp3) is 0.538. The molecular formula is C13H21NO2S. The summed E-state index contributed by atoms with van der Waals surface area (Å²) in [6.07, 6.45) is 0.805. The van der Waals surface area contributed by atoms with Gasteiger partial charge in [-0.05, 0) is 24.8 Å². The molecule has 0 aliphatic heterocycles. The van der Waals surface area contributed by atoms with Gasteiger partial charge in [0.05, 0.1) is 5.75 Å². The number of nitrogens with one attached hydrogen (secondary N) is 1. The van der Waals surface area contributed by atoms with Gasteiger partial charge in [-0.3, -0.25) is 0 Å². The molecule has 0 saturated carbocycles. The van der Waals surface area contributed by atoms with Crippen LogP contribution in [0.25, 0.3) is 0 Å². The van der Waals surface area contributed by atoms with Gasteiger partial charge < -0.3 is 0 Å². The van der Waals surface area contributed by atoms with Gasteiger partial charge in [-0.1, -0.05) is 44.2 Å². The minimum Gasteiger partial charge on any atom is -0.212 e. The molecule has 1 N–H and O–H groups in total. The molecule has 0 heterocycles. The van der Waals surface area contributed by atoms with Crippen LogP contribution in [0.5, 0.6) is 0 Å². The molecular weight excluding hydrogens is 234 g/mol. The van der Waals surface area contributed by atoms with Crippen LogP contribution in [0, 0.1) is 0 Å². The molecule has 3 nitrogen and oxygen atoms in total. The highest BCUT2D eigenvalue weighted by Crippen LogP contribution is 2.16. The zero-order chi connectivity index (χ0) is 12.9. The smallest absolute Gasteiger partial charge is 0.212 e. The van der Waals surface area contributed by atoms with Gasteiger partial charge in [-0.25, -0.2) is 13.1 Å². The number of rotatable bonds is 6. The quantitative estimate of drug-likeness (QED) is 0.849. The third-order valence-electron chi connectivity index (χ3n) is 2.83.